The summed E-state index contributed by atoms with van der Waals surface area (Å²) >= 11 is 0. The van der Waals surface area contributed by atoms with E-state index in [1.54, 1.807) is 0 Å². The zero-order chi connectivity index (χ0) is 38.9. The van der Waals surface area contributed by atoms with Gasteiger partial charge in [0.25, 0.3) is 0 Å². The lowest BCUT2D eigenvalue weighted by Gasteiger charge is -2.19. The minimum absolute atomic E-state index is 0.0562. The number of hydrogen-bond acceptors (Lipinski definition) is 8. The average molecular weight is 774 g/mol. The number of carbonyl (C=O) groups is 2. The quantitative estimate of drug-likeness (QED) is 0.0269. The molecule has 1 unspecified atom stereocenters. The molecule has 0 aromatic rings. The molecule has 9 nitrogen and oxygen atoms in total. The minimum Gasteiger partial charge on any atom is -0.462 e. The van der Waals surface area contributed by atoms with Gasteiger partial charge < -0.3 is 20.1 Å². The first kappa shape index (κ1) is 51.8. The van der Waals surface area contributed by atoms with E-state index in [0.717, 1.165) is 32.1 Å². The van der Waals surface area contributed by atoms with Crippen molar-refractivity contribution in [3.8, 4) is 0 Å². The van der Waals surface area contributed by atoms with E-state index in [2.05, 4.69) is 26.0 Å². The highest BCUT2D eigenvalue weighted by molar-refractivity contribution is 7.47. The molecule has 53 heavy (non-hydrogen) atoms. The molecule has 0 bridgehead atoms. The zero-order valence-corrected chi connectivity index (χ0v) is 35.4. The van der Waals surface area contributed by atoms with Gasteiger partial charge in [0.15, 0.2) is 6.10 Å². The molecule has 0 aromatic carbocycles. The highest BCUT2D eigenvalue weighted by Gasteiger charge is 2.26. The van der Waals surface area contributed by atoms with Crippen LogP contribution in [0, 0.1) is 0 Å². The number of ether oxygens (including phenoxy) is 2. The van der Waals surface area contributed by atoms with E-state index in [0.29, 0.717) is 6.42 Å². The summed E-state index contributed by atoms with van der Waals surface area (Å²) in [5.74, 6) is -0.820. The van der Waals surface area contributed by atoms with Gasteiger partial charge in [0.2, 0.25) is 0 Å². The van der Waals surface area contributed by atoms with Crippen molar-refractivity contribution in [1.82, 2.24) is 0 Å². The topological polar surface area (TPSA) is 134 Å². The average Bonchev–Trinajstić information content (AvgIpc) is 3.14. The molecular weight excluding hydrogens is 689 g/mol. The summed E-state index contributed by atoms with van der Waals surface area (Å²) in [4.78, 5) is 34.8. The van der Waals surface area contributed by atoms with E-state index >= 15 is 0 Å². The van der Waals surface area contributed by atoms with E-state index in [1.807, 2.05) is 0 Å². The summed E-state index contributed by atoms with van der Waals surface area (Å²) in [6.07, 6.45) is 41.0. The lowest BCUT2D eigenvalue weighted by molar-refractivity contribution is -0.161. The highest BCUT2D eigenvalue weighted by Crippen LogP contribution is 2.43. The lowest BCUT2D eigenvalue weighted by atomic mass is 10.0. The van der Waals surface area contributed by atoms with Crippen LogP contribution in [0.4, 0.5) is 0 Å². The first-order valence-electron chi connectivity index (χ1n) is 22.2. The first-order valence-corrected chi connectivity index (χ1v) is 23.7. The van der Waals surface area contributed by atoms with Crippen molar-refractivity contribution in [1.29, 1.82) is 0 Å². The summed E-state index contributed by atoms with van der Waals surface area (Å²) < 4.78 is 32.8. The van der Waals surface area contributed by atoms with Crippen LogP contribution in [-0.2, 0) is 32.7 Å². The predicted octanol–water partition coefficient (Wildman–Crippen LogP) is 12.6. The fraction of sp³-hybridized carbons (Fsp3) is 0.907. The highest BCUT2D eigenvalue weighted by atomic mass is 31.2. The molecule has 0 rings (SSSR count). The van der Waals surface area contributed by atoms with Gasteiger partial charge in [-0.1, -0.05) is 180 Å². The van der Waals surface area contributed by atoms with Crippen LogP contribution in [-0.4, -0.2) is 49.3 Å². The first-order chi connectivity index (χ1) is 25.8. The van der Waals surface area contributed by atoms with E-state index in [4.69, 9.17) is 24.3 Å². The van der Waals surface area contributed by atoms with Crippen LogP contribution in [0.25, 0.3) is 0 Å². The Hall–Kier alpha value is -1.25. The Morgan fingerprint density at radius 3 is 1.34 bits per heavy atom. The third-order valence-electron chi connectivity index (χ3n) is 9.65. The van der Waals surface area contributed by atoms with Crippen molar-refractivity contribution < 1.29 is 37.6 Å². The van der Waals surface area contributed by atoms with Crippen LogP contribution in [0.3, 0.4) is 0 Å². The second kappa shape index (κ2) is 40.4. The van der Waals surface area contributed by atoms with E-state index in [1.165, 1.54) is 154 Å². The van der Waals surface area contributed by atoms with Gasteiger partial charge in [0.1, 0.15) is 6.61 Å². The van der Waals surface area contributed by atoms with Gasteiger partial charge in [-0.3, -0.25) is 18.6 Å². The maximum atomic E-state index is 12.6. The molecular formula is C43H84NO8P. The zero-order valence-electron chi connectivity index (χ0n) is 34.5. The molecule has 314 valence electrons. The Morgan fingerprint density at radius 2 is 0.925 bits per heavy atom. The Morgan fingerprint density at radius 1 is 0.547 bits per heavy atom. The maximum absolute atomic E-state index is 12.6. The Labute approximate surface area is 326 Å². The normalized spacial score (nSPS) is 13.4. The second-order valence-electron chi connectivity index (χ2n) is 14.9. The molecule has 0 heterocycles. The number of phosphoric acid groups is 1. The van der Waals surface area contributed by atoms with Crippen molar-refractivity contribution in [3.63, 3.8) is 0 Å². The third-order valence-corrected chi connectivity index (χ3v) is 10.6. The van der Waals surface area contributed by atoms with Gasteiger partial charge in [-0.2, -0.15) is 0 Å². The molecule has 0 aromatic heterocycles. The van der Waals surface area contributed by atoms with Gasteiger partial charge >= 0.3 is 19.8 Å². The van der Waals surface area contributed by atoms with E-state index < -0.39 is 26.5 Å². The number of allylic oxidation sites excluding steroid dienone is 2. The van der Waals surface area contributed by atoms with E-state index in [9.17, 15) is 19.0 Å². The molecule has 10 heteroatoms. The van der Waals surface area contributed by atoms with Crippen molar-refractivity contribution in [2.75, 3.05) is 26.4 Å². The smallest absolute Gasteiger partial charge is 0.462 e. The fourth-order valence-electron chi connectivity index (χ4n) is 6.34. The molecule has 0 saturated heterocycles. The molecule has 3 N–H and O–H groups in total. The number of esters is 2. The van der Waals surface area contributed by atoms with Crippen LogP contribution < -0.4 is 5.73 Å². The summed E-state index contributed by atoms with van der Waals surface area (Å²) in [5.41, 5.74) is 5.34. The summed E-state index contributed by atoms with van der Waals surface area (Å²) in [5, 5.41) is 0. The predicted molar refractivity (Wildman–Crippen MR) is 220 cm³/mol. The van der Waals surface area contributed by atoms with Crippen LogP contribution in [0.1, 0.15) is 219 Å². The van der Waals surface area contributed by atoms with Gasteiger partial charge in [0, 0.05) is 19.4 Å². The number of unbranched alkanes of at least 4 members (excludes halogenated alkanes) is 27. The standard InChI is InChI=1S/C43H84NO8P/c1-3-5-7-9-11-13-15-16-17-18-19-20-21-22-23-24-26-28-30-32-34-36-43(46)52-41(40-51-53(47,48)50-38-37-44)39-49-42(45)35-33-31-29-27-25-14-12-10-8-6-4-2/h16-17,41H,3-15,18-40,44H2,1-2H3,(H,47,48)/t41-/m1/s1. The molecule has 0 saturated carbocycles. The second-order valence-corrected chi connectivity index (χ2v) is 16.4. The minimum atomic E-state index is -4.37. The largest absolute Gasteiger partial charge is 0.472 e. The lowest BCUT2D eigenvalue weighted by Crippen LogP contribution is -2.29. The number of carbonyl (C=O) groups excluding carboxylic acids is 2. The van der Waals surface area contributed by atoms with E-state index in [-0.39, 0.29) is 38.6 Å². The van der Waals surface area contributed by atoms with Gasteiger partial charge in [0.05, 0.1) is 13.2 Å². The summed E-state index contributed by atoms with van der Waals surface area (Å²) in [6, 6.07) is 0. The van der Waals surface area contributed by atoms with Crippen molar-refractivity contribution in [2.24, 2.45) is 5.73 Å². The van der Waals surface area contributed by atoms with Crippen LogP contribution in [0.5, 0.6) is 0 Å². The van der Waals surface area contributed by atoms with Crippen LogP contribution in [0.2, 0.25) is 0 Å². The Kier molecular flexibility index (Phi) is 39.5. The number of rotatable bonds is 42. The SMILES string of the molecule is CCCCCCCCC=CCCCCCCCCCCCCCC(=O)O[C@H](COC(=O)CCCCCCCCCCCCC)COP(=O)(O)OCCN. The molecule has 0 amide bonds. The summed E-state index contributed by atoms with van der Waals surface area (Å²) in [7, 11) is -4.37. The Bertz CT molecular complexity index is 886. The van der Waals surface area contributed by atoms with Crippen LogP contribution in [0.15, 0.2) is 12.2 Å². The number of nitrogens with two attached hydrogens (primary N) is 1. The molecule has 0 fully saturated rings. The third kappa shape index (κ3) is 40.2. The molecule has 0 aliphatic carbocycles. The molecule has 2 atom stereocenters. The number of hydrogen-bond donors (Lipinski definition) is 2. The molecule has 0 aliphatic heterocycles. The van der Waals surface area contributed by atoms with Crippen molar-refractivity contribution in [3.05, 3.63) is 12.2 Å². The van der Waals surface area contributed by atoms with Crippen LogP contribution >= 0.6 is 7.82 Å². The monoisotopic (exact) mass is 774 g/mol. The number of phosphoric ester groups is 1. The maximum Gasteiger partial charge on any atom is 0.472 e. The van der Waals surface area contributed by atoms with Crippen molar-refractivity contribution >= 4 is 19.8 Å². The van der Waals surface area contributed by atoms with Crippen molar-refractivity contribution in [2.45, 2.75) is 225 Å². The summed E-state index contributed by atoms with van der Waals surface area (Å²) in [6.45, 7) is 3.74. The molecule has 0 aliphatic rings. The van der Waals surface area contributed by atoms with Gasteiger partial charge in [-0.15, -0.1) is 0 Å². The Balaban J connectivity index is 4.05. The van der Waals surface area contributed by atoms with Gasteiger partial charge in [-0.25, -0.2) is 4.57 Å². The fourth-order valence-corrected chi connectivity index (χ4v) is 7.10. The molecule has 0 radical (unpaired) electrons. The van der Waals surface area contributed by atoms with Gasteiger partial charge in [-0.05, 0) is 38.5 Å². The molecule has 0 spiro atoms.